The minimum absolute atomic E-state index is 0.337. The Bertz CT molecular complexity index is 634. The van der Waals surface area contributed by atoms with Gasteiger partial charge in [0, 0.05) is 22.6 Å². The first-order chi connectivity index (χ1) is 11.1. The maximum atomic E-state index is 13.6. The maximum Gasteiger partial charge on any atom is 0.448 e. The second-order valence-corrected chi connectivity index (χ2v) is 8.18. The third kappa shape index (κ3) is 5.28. The number of carbonyl (C=O) groups excluding carboxylic acids is 1. The summed E-state index contributed by atoms with van der Waals surface area (Å²) in [5.74, 6) is -1.47. The zero-order chi connectivity index (χ0) is 21.4. The molecule has 16 heteroatoms. The summed E-state index contributed by atoms with van der Waals surface area (Å²) in [7, 11) is -6.60. The van der Waals surface area contributed by atoms with Crippen LogP contribution in [0.2, 0.25) is 0 Å². The Labute approximate surface area is 155 Å². The predicted molar refractivity (Wildman–Crippen MR) is 77.7 cm³/mol. The lowest BCUT2D eigenvalue weighted by Gasteiger charge is -2.32. The summed E-state index contributed by atoms with van der Waals surface area (Å²) < 4.78 is 129. The molecule has 0 unspecified atom stereocenters. The highest BCUT2D eigenvalue weighted by Gasteiger charge is 2.74. The van der Waals surface area contributed by atoms with E-state index >= 15 is 0 Å². The van der Waals surface area contributed by atoms with Crippen LogP contribution < -0.4 is 4.72 Å². The van der Waals surface area contributed by atoms with Crippen molar-refractivity contribution in [2.45, 2.75) is 47.7 Å². The Morgan fingerprint density at radius 1 is 1.00 bits per heavy atom. The molecule has 0 heterocycles. The number of alkyl halides is 9. The highest BCUT2D eigenvalue weighted by atomic mass is 127. The van der Waals surface area contributed by atoms with Gasteiger partial charge in [-0.1, -0.05) is 0 Å². The molecule has 0 spiro atoms. The van der Waals surface area contributed by atoms with E-state index in [1.54, 1.807) is 0 Å². The van der Waals surface area contributed by atoms with Gasteiger partial charge in [-0.25, -0.2) is 13.2 Å². The lowest BCUT2D eigenvalue weighted by molar-refractivity contribution is -0.438. The van der Waals surface area contributed by atoms with Crippen LogP contribution in [0.25, 0.3) is 0 Å². The zero-order valence-corrected chi connectivity index (χ0v) is 16.0. The third-order valence-corrected chi connectivity index (χ3v) is 4.76. The molecule has 156 valence electrons. The molecular weight excluding hydrogens is 525 g/mol. The van der Waals surface area contributed by atoms with E-state index in [4.69, 9.17) is 0 Å². The van der Waals surface area contributed by atoms with Crippen molar-refractivity contribution in [1.82, 2.24) is 4.72 Å². The first-order valence-corrected chi connectivity index (χ1v) is 8.82. The summed E-state index contributed by atoms with van der Waals surface area (Å²) in [5.41, 5.74) is -2.52. The number of carbonyl (C=O) groups is 1. The Morgan fingerprint density at radius 3 is 1.77 bits per heavy atom. The molecule has 0 aromatic heterocycles. The average molecular weight is 537 g/mol. The number of esters is 1. The summed E-state index contributed by atoms with van der Waals surface area (Å²) in [4.78, 5) is 11.4. The molecule has 0 aromatic rings. The molecule has 26 heavy (non-hydrogen) atoms. The van der Waals surface area contributed by atoms with E-state index in [1.165, 1.54) is 6.92 Å². The van der Waals surface area contributed by atoms with Gasteiger partial charge in [0.1, 0.15) is 5.54 Å². The highest BCUT2D eigenvalue weighted by molar-refractivity contribution is 14.1. The van der Waals surface area contributed by atoms with Gasteiger partial charge < -0.3 is 4.74 Å². The van der Waals surface area contributed by atoms with E-state index in [1.807, 2.05) is 0 Å². The standard InChI is InChI=1S/C10H12F8INO5S/c1-4-24-5(21)6(2,3)20-26(22,23)10(17,18)9(15,16)25-8(13,14)7(11,12)19/h20H,4H2,1-3H3. The van der Waals surface area contributed by atoms with Gasteiger partial charge >= 0.3 is 27.4 Å². The molecule has 0 amide bonds. The fourth-order valence-corrected chi connectivity index (χ4v) is 2.54. The van der Waals surface area contributed by atoms with Gasteiger partial charge in [-0.3, -0.25) is 4.79 Å². The third-order valence-electron chi connectivity index (χ3n) is 2.44. The van der Waals surface area contributed by atoms with Crippen LogP contribution in [0, 0.1) is 0 Å². The SMILES string of the molecule is CCOC(=O)C(C)(C)NS(=O)(=O)C(F)(F)C(F)(F)OC(F)(F)C(F)(F)I. The molecular formula is C10H12F8INO5S. The highest BCUT2D eigenvalue weighted by Crippen LogP contribution is 2.48. The lowest BCUT2D eigenvalue weighted by Crippen LogP contribution is -2.61. The number of nitrogens with one attached hydrogen (secondary N) is 1. The fourth-order valence-electron chi connectivity index (χ4n) is 1.19. The molecule has 0 bridgehead atoms. The van der Waals surface area contributed by atoms with Crippen molar-refractivity contribution in [3.63, 3.8) is 0 Å². The van der Waals surface area contributed by atoms with Crippen LogP contribution in [0.15, 0.2) is 0 Å². The van der Waals surface area contributed by atoms with Crippen molar-refractivity contribution >= 4 is 38.6 Å². The van der Waals surface area contributed by atoms with E-state index in [-0.39, 0.29) is 29.2 Å². The van der Waals surface area contributed by atoms with Crippen molar-refractivity contribution in [2.24, 2.45) is 0 Å². The Balaban J connectivity index is 5.80. The first kappa shape index (κ1) is 25.5. The average Bonchev–Trinajstić information content (AvgIpc) is 2.34. The molecule has 0 rings (SSSR count). The van der Waals surface area contributed by atoms with E-state index in [9.17, 15) is 48.3 Å². The molecule has 0 atom stereocenters. The molecule has 6 nitrogen and oxygen atoms in total. The summed E-state index contributed by atoms with van der Waals surface area (Å²) in [6.45, 7) is 2.21. The van der Waals surface area contributed by atoms with Crippen LogP contribution in [0.1, 0.15) is 20.8 Å². The summed E-state index contributed by atoms with van der Waals surface area (Å²) in [6, 6.07) is 0. The molecule has 0 aliphatic rings. The van der Waals surface area contributed by atoms with Crippen molar-refractivity contribution in [1.29, 1.82) is 0 Å². The Hall–Kier alpha value is -0.490. The number of hydrogen-bond donors (Lipinski definition) is 1. The number of hydrogen-bond acceptors (Lipinski definition) is 5. The molecule has 0 aromatic carbocycles. The van der Waals surface area contributed by atoms with E-state index in [0.29, 0.717) is 13.8 Å². The zero-order valence-electron chi connectivity index (χ0n) is 13.1. The van der Waals surface area contributed by atoms with Gasteiger partial charge in [0.2, 0.25) is 0 Å². The minimum Gasteiger partial charge on any atom is -0.465 e. The Morgan fingerprint density at radius 2 is 1.42 bits per heavy atom. The summed E-state index contributed by atoms with van der Waals surface area (Å²) >= 11 is -0.364. The molecule has 0 saturated heterocycles. The van der Waals surface area contributed by atoms with Gasteiger partial charge in [0.25, 0.3) is 10.0 Å². The van der Waals surface area contributed by atoms with E-state index in [2.05, 4.69) is 9.47 Å². The van der Waals surface area contributed by atoms with Gasteiger partial charge in [0.05, 0.1) is 6.61 Å². The van der Waals surface area contributed by atoms with Crippen LogP contribution in [-0.4, -0.2) is 47.9 Å². The molecule has 0 aliphatic carbocycles. The Kier molecular flexibility index (Phi) is 7.36. The maximum absolute atomic E-state index is 13.6. The quantitative estimate of drug-likeness (QED) is 0.212. The molecule has 0 radical (unpaired) electrons. The second kappa shape index (κ2) is 7.50. The lowest BCUT2D eigenvalue weighted by atomic mass is 10.1. The van der Waals surface area contributed by atoms with E-state index < -0.39 is 42.9 Å². The topological polar surface area (TPSA) is 81.7 Å². The van der Waals surface area contributed by atoms with Crippen molar-refractivity contribution in [3.8, 4) is 0 Å². The summed E-state index contributed by atoms with van der Waals surface area (Å²) in [5, 5.41) is -6.46. The van der Waals surface area contributed by atoms with Gasteiger partial charge in [-0.05, 0) is 20.8 Å². The van der Waals surface area contributed by atoms with Crippen LogP contribution in [0.4, 0.5) is 35.1 Å². The van der Waals surface area contributed by atoms with Gasteiger partial charge in [-0.15, -0.1) is 0 Å². The number of rotatable bonds is 9. The van der Waals surface area contributed by atoms with E-state index in [0.717, 1.165) is 4.72 Å². The van der Waals surface area contributed by atoms with Crippen molar-refractivity contribution in [3.05, 3.63) is 0 Å². The van der Waals surface area contributed by atoms with Crippen molar-refractivity contribution < 1.29 is 57.8 Å². The van der Waals surface area contributed by atoms with Gasteiger partial charge in [-0.2, -0.15) is 39.8 Å². The number of sulfonamides is 1. The number of ether oxygens (including phenoxy) is 2. The molecule has 0 fully saturated rings. The summed E-state index contributed by atoms with van der Waals surface area (Å²) in [6.07, 6.45) is -12.7. The van der Waals surface area contributed by atoms with Crippen LogP contribution >= 0.6 is 22.6 Å². The largest absolute Gasteiger partial charge is 0.465 e. The van der Waals surface area contributed by atoms with Gasteiger partial charge in [0.15, 0.2) is 0 Å². The molecule has 1 N–H and O–H groups in total. The van der Waals surface area contributed by atoms with Crippen molar-refractivity contribution in [2.75, 3.05) is 6.61 Å². The van der Waals surface area contributed by atoms with Crippen LogP contribution in [-0.2, 0) is 24.3 Å². The normalized spacial score (nSPS) is 15.1. The smallest absolute Gasteiger partial charge is 0.448 e. The molecule has 0 aliphatic heterocycles. The first-order valence-electron chi connectivity index (χ1n) is 6.25. The second-order valence-electron chi connectivity index (χ2n) is 5.10. The minimum atomic E-state index is -6.60. The fraction of sp³-hybridized carbons (Fsp3) is 0.900. The van der Waals surface area contributed by atoms with Crippen LogP contribution in [0.3, 0.4) is 0 Å². The predicted octanol–water partition coefficient (Wildman–Crippen LogP) is 3.07. The molecule has 0 saturated carbocycles. The number of halogens is 9. The monoisotopic (exact) mass is 537 g/mol. The van der Waals surface area contributed by atoms with Crippen LogP contribution in [0.5, 0.6) is 0 Å².